The smallest absolute Gasteiger partial charge is 0.264 e. The molecule has 0 aromatic rings. The summed E-state index contributed by atoms with van der Waals surface area (Å²) in [7, 11) is 0. The molecule has 0 aromatic heterocycles. The van der Waals surface area contributed by atoms with Crippen LogP contribution in [-0.2, 0) is 14.4 Å². The van der Waals surface area contributed by atoms with Crippen LogP contribution in [0.3, 0.4) is 0 Å². The molecule has 3 unspecified atom stereocenters. The van der Waals surface area contributed by atoms with Crippen molar-refractivity contribution in [2.75, 3.05) is 0 Å². The van der Waals surface area contributed by atoms with Crippen molar-refractivity contribution in [3.8, 4) is 0 Å². The fourth-order valence-electron chi connectivity index (χ4n) is 2.34. The first kappa shape index (κ1) is 8.56. The lowest BCUT2D eigenvalue weighted by Gasteiger charge is -2.27. The molecule has 13 heavy (non-hydrogen) atoms. The molecular formula is C9H11NO3. The maximum atomic E-state index is 11.3. The standard InChI is InChI=1S/C9H11NO3/c10-5-3-1-2-4-6(5)8(12)9(13)7(4)11/h4-6H,1-3,10H2. The number of hydrogen-bond acceptors (Lipinski definition) is 4. The Morgan fingerprint density at radius 3 is 2.38 bits per heavy atom. The van der Waals surface area contributed by atoms with Gasteiger partial charge in [0, 0.05) is 12.0 Å². The fourth-order valence-corrected chi connectivity index (χ4v) is 2.34. The zero-order chi connectivity index (χ0) is 9.59. The minimum absolute atomic E-state index is 0.290. The van der Waals surface area contributed by atoms with Gasteiger partial charge in [-0.05, 0) is 12.8 Å². The monoisotopic (exact) mass is 181 g/mol. The Morgan fingerprint density at radius 2 is 1.77 bits per heavy atom. The van der Waals surface area contributed by atoms with Crippen LogP contribution in [0.25, 0.3) is 0 Å². The van der Waals surface area contributed by atoms with E-state index >= 15 is 0 Å². The first-order valence-corrected chi connectivity index (χ1v) is 4.51. The van der Waals surface area contributed by atoms with E-state index in [0.717, 1.165) is 12.8 Å². The molecule has 4 nitrogen and oxygen atoms in total. The number of carbonyl (C=O) groups is 3. The Kier molecular flexibility index (Phi) is 1.80. The summed E-state index contributed by atoms with van der Waals surface area (Å²) in [4.78, 5) is 33.6. The van der Waals surface area contributed by atoms with E-state index in [9.17, 15) is 14.4 Å². The lowest BCUT2D eigenvalue weighted by Crippen LogP contribution is -2.40. The summed E-state index contributed by atoms with van der Waals surface area (Å²) in [5, 5.41) is 0. The molecule has 0 spiro atoms. The van der Waals surface area contributed by atoms with E-state index in [4.69, 9.17) is 5.73 Å². The summed E-state index contributed by atoms with van der Waals surface area (Å²) >= 11 is 0. The van der Waals surface area contributed by atoms with Crippen molar-refractivity contribution in [1.29, 1.82) is 0 Å². The van der Waals surface area contributed by atoms with Gasteiger partial charge in [0.15, 0.2) is 0 Å². The second kappa shape index (κ2) is 2.73. The molecule has 2 rings (SSSR count). The van der Waals surface area contributed by atoms with Crippen molar-refractivity contribution in [2.45, 2.75) is 25.3 Å². The average molecular weight is 181 g/mol. The van der Waals surface area contributed by atoms with Gasteiger partial charge in [0.2, 0.25) is 11.6 Å². The number of nitrogens with two attached hydrogens (primary N) is 1. The molecule has 3 atom stereocenters. The number of carbonyl (C=O) groups excluding carboxylic acids is 3. The average Bonchev–Trinajstić information content (AvgIpc) is 2.33. The van der Waals surface area contributed by atoms with E-state index in [2.05, 4.69) is 0 Å². The predicted octanol–water partition coefficient (Wildman–Crippen LogP) is -0.549. The zero-order valence-electron chi connectivity index (χ0n) is 7.16. The molecule has 0 saturated heterocycles. The molecule has 2 fully saturated rings. The van der Waals surface area contributed by atoms with Gasteiger partial charge in [-0.2, -0.15) is 0 Å². The van der Waals surface area contributed by atoms with Crippen LogP contribution in [0.15, 0.2) is 0 Å². The van der Waals surface area contributed by atoms with Gasteiger partial charge in [-0.25, -0.2) is 0 Å². The molecule has 0 amide bonds. The van der Waals surface area contributed by atoms with Gasteiger partial charge in [-0.1, -0.05) is 6.42 Å². The summed E-state index contributed by atoms with van der Waals surface area (Å²) < 4.78 is 0. The Balaban J connectivity index is 2.35. The highest BCUT2D eigenvalue weighted by Gasteiger charge is 2.52. The number of Topliss-reactive ketones (excluding diaryl/α,β-unsaturated/α-hetero) is 3. The maximum Gasteiger partial charge on any atom is 0.264 e. The fraction of sp³-hybridized carbons (Fsp3) is 0.667. The van der Waals surface area contributed by atoms with E-state index in [0.29, 0.717) is 6.42 Å². The van der Waals surface area contributed by atoms with E-state index in [-0.39, 0.29) is 6.04 Å². The summed E-state index contributed by atoms with van der Waals surface area (Å²) in [5.41, 5.74) is 5.71. The zero-order valence-corrected chi connectivity index (χ0v) is 7.16. The van der Waals surface area contributed by atoms with Crippen LogP contribution in [0.2, 0.25) is 0 Å². The van der Waals surface area contributed by atoms with Gasteiger partial charge >= 0.3 is 0 Å². The molecular weight excluding hydrogens is 170 g/mol. The molecule has 2 aliphatic rings. The van der Waals surface area contributed by atoms with Crippen molar-refractivity contribution in [3.05, 3.63) is 0 Å². The molecule has 70 valence electrons. The van der Waals surface area contributed by atoms with Crippen LogP contribution >= 0.6 is 0 Å². The van der Waals surface area contributed by atoms with Crippen LogP contribution < -0.4 is 5.73 Å². The van der Waals surface area contributed by atoms with E-state index < -0.39 is 29.2 Å². The summed E-state index contributed by atoms with van der Waals surface area (Å²) in [6, 6.07) is -0.290. The van der Waals surface area contributed by atoms with Crippen LogP contribution in [0.4, 0.5) is 0 Å². The second-order valence-corrected chi connectivity index (χ2v) is 3.78. The summed E-state index contributed by atoms with van der Waals surface area (Å²) in [6.45, 7) is 0. The lowest BCUT2D eigenvalue weighted by atomic mass is 9.78. The predicted molar refractivity (Wildman–Crippen MR) is 43.8 cm³/mol. The third-order valence-electron chi connectivity index (χ3n) is 3.03. The SMILES string of the molecule is NC1CCCC2C(=O)C(=O)C(=O)C12. The van der Waals surface area contributed by atoms with Crippen LogP contribution in [0.5, 0.6) is 0 Å². The van der Waals surface area contributed by atoms with Crippen molar-refractivity contribution >= 4 is 17.3 Å². The van der Waals surface area contributed by atoms with Crippen molar-refractivity contribution in [3.63, 3.8) is 0 Å². The Bertz CT molecular complexity index is 297. The molecule has 0 aromatic carbocycles. The van der Waals surface area contributed by atoms with Gasteiger partial charge < -0.3 is 5.73 Å². The maximum absolute atomic E-state index is 11.3. The highest BCUT2D eigenvalue weighted by atomic mass is 16.2. The number of ketones is 3. The Hall–Kier alpha value is -1.03. The van der Waals surface area contributed by atoms with Gasteiger partial charge in [0.25, 0.3) is 5.78 Å². The molecule has 4 heteroatoms. The first-order chi connectivity index (χ1) is 6.13. The first-order valence-electron chi connectivity index (χ1n) is 4.51. The third-order valence-corrected chi connectivity index (χ3v) is 3.03. The minimum Gasteiger partial charge on any atom is -0.327 e. The van der Waals surface area contributed by atoms with Crippen molar-refractivity contribution in [1.82, 2.24) is 0 Å². The van der Waals surface area contributed by atoms with E-state index in [1.807, 2.05) is 0 Å². The number of rotatable bonds is 0. The quantitative estimate of drug-likeness (QED) is 0.509. The second-order valence-electron chi connectivity index (χ2n) is 3.78. The highest BCUT2D eigenvalue weighted by molar-refractivity contribution is 6.68. The molecule has 2 saturated carbocycles. The van der Waals surface area contributed by atoms with Gasteiger partial charge in [0.1, 0.15) is 0 Å². The summed E-state index contributed by atoms with van der Waals surface area (Å²) in [5.74, 6) is -2.79. The highest BCUT2D eigenvalue weighted by Crippen LogP contribution is 2.35. The van der Waals surface area contributed by atoms with Gasteiger partial charge in [0.05, 0.1) is 5.92 Å². The van der Waals surface area contributed by atoms with E-state index in [1.165, 1.54) is 0 Å². The normalized spacial score (nSPS) is 39.5. The van der Waals surface area contributed by atoms with Gasteiger partial charge in [-0.15, -0.1) is 0 Å². The molecule has 2 N–H and O–H groups in total. The Labute approximate surface area is 75.5 Å². The number of fused-ring (bicyclic) bond motifs is 1. The molecule has 0 aliphatic heterocycles. The topological polar surface area (TPSA) is 77.2 Å². The molecule has 2 aliphatic carbocycles. The Morgan fingerprint density at radius 1 is 1.08 bits per heavy atom. The lowest BCUT2D eigenvalue weighted by molar-refractivity contribution is -0.141. The van der Waals surface area contributed by atoms with Crippen LogP contribution in [0, 0.1) is 11.8 Å². The summed E-state index contributed by atoms with van der Waals surface area (Å²) in [6.07, 6.45) is 2.23. The largest absolute Gasteiger partial charge is 0.327 e. The van der Waals surface area contributed by atoms with Crippen molar-refractivity contribution in [2.24, 2.45) is 17.6 Å². The number of hydrogen-bond donors (Lipinski definition) is 1. The van der Waals surface area contributed by atoms with Crippen LogP contribution in [0.1, 0.15) is 19.3 Å². The van der Waals surface area contributed by atoms with Crippen molar-refractivity contribution < 1.29 is 14.4 Å². The molecule has 0 radical (unpaired) electrons. The van der Waals surface area contributed by atoms with Crippen LogP contribution in [-0.4, -0.2) is 23.4 Å². The van der Waals surface area contributed by atoms with E-state index in [1.54, 1.807) is 0 Å². The third kappa shape index (κ3) is 1.05. The van der Waals surface area contributed by atoms with Gasteiger partial charge in [-0.3, -0.25) is 14.4 Å². The molecule has 0 bridgehead atoms. The minimum atomic E-state index is -0.827. The molecule has 0 heterocycles.